The van der Waals surface area contributed by atoms with Crippen LogP contribution in [-0.2, 0) is 0 Å². The Morgan fingerprint density at radius 2 is 1.83 bits per heavy atom. The Kier molecular flexibility index (Phi) is 5.14. The number of thioether (sulfide) groups is 1. The zero-order chi connectivity index (χ0) is 17.1. The minimum Gasteiger partial charge on any atom is -0.488 e. The van der Waals surface area contributed by atoms with Crippen LogP contribution in [0.5, 0.6) is 5.75 Å². The molecule has 0 spiro atoms. The number of ether oxygens (including phenoxy) is 1. The molecule has 1 aromatic carbocycles. The van der Waals surface area contributed by atoms with Crippen molar-refractivity contribution in [2.45, 2.75) is 50.5 Å². The van der Waals surface area contributed by atoms with Gasteiger partial charge in [0.15, 0.2) is 0 Å². The average molecular weight is 333 g/mol. The van der Waals surface area contributed by atoms with Gasteiger partial charge in [0.05, 0.1) is 5.54 Å². The first-order chi connectivity index (χ1) is 10.7. The number of nitrogens with zero attached hydrogens (tertiary/aromatic N) is 3. The van der Waals surface area contributed by atoms with E-state index in [1.165, 1.54) is 11.8 Å². The minimum absolute atomic E-state index is 0.221. The molecule has 1 heterocycles. The highest BCUT2D eigenvalue weighted by Crippen LogP contribution is 2.30. The first-order valence-corrected chi connectivity index (χ1v) is 8.62. The molecule has 0 fully saturated rings. The highest BCUT2D eigenvalue weighted by Gasteiger charge is 2.29. The van der Waals surface area contributed by atoms with E-state index in [2.05, 4.69) is 35.8 Å². The van der Waals surface area contributed by atoms with Gasteiger partial charge in [-0.25, -0.2) is 0 Å². The molecule has 6 heteroatoms. The fourth-order valence-electron chi connectivity index (χ4n) is 2.53. The predicted molar refractivity (Wildman–Crippen MR) is 94.5 cm³/mol. The van der Waals surface area contributed by atoms with Gasteiger partial charge in [-0.1, -0.05) is 11.8 Å². The molecule has 0 saturated carbocycles. The van der Waals surface area contributed by atoms with E-state index in [1.54, 1.807) is 0 Å². The third-order valence-corrected chi connectivity index (χ3v) is 3.88. The molecule has 124 valence electrons. The van der Waals surface area contributed by atoms with Gasteiger partial charge in [-0.2, -0.15) is 0 Å². The van der Waals surface area contributed by atoms with Crippen LogP contribution in [0.1, 0.15) is 34.1 Å². The van der Waals surface area contributed by atoms with Crippen LogP contribution < -0.4 is 4.74 Å². The Bertz CT molecular complexity index is 663. The molecule has 0 aliphatic carbocycles. The fourth-order valence-corrected chi connectivity index (χ4v) is 2.81. The van der Waals surface area contributed by atoms with Crippen LogP contribution in [0.25, 0.3) is 11.5 Å². The minimum atomic E-state index is -0.345. The first kappa shape index (κ1) is 17.5. The highest BCUT2D eigenvalue weighted by atomic mass is 32.2. The molecule has 2 aromatic rings. The van der Waals surface area contributed by atoms with Gasteiger partial charge in [-0.15, -0.1) is 10.2 Å². The van der Waals surface area contributed by atoms with Gasteiger partial charge in [0, 0.05) is 12.0 Å². The van der Waals surface area contributed by atoms with E-state index in [4.69, 9.17) is 9.15 Å². The summed E-state index contributed by atoms with van der Waals surface area (Å²) in [6, 6.07) is 7.66. The third kappa shape index (κ3) is 4.82. The van der Waals surface area contributed by atoms with Crippen molar-refractivity contribution in [3.8, 4) is 17.2 Å². The molecule has 5 nitrogen and oxygen atoms in total. The van der Waals surface area contributed by atoms with Gasteiger partial charge in [-0.3, -0.25) is 4.99 Å². The second-order valence-electron chi connectivity index (χ2n) is 6.61. The van der Waals surface area contributed by atoms with Crippen molar-refractivity contribution >= 4 is 18.5 Å². The third-order valence-electron chi connectivity index (χ3n) is 3.36. The van der Waals surface area contributed by atoms with Crippen molar-refractivity contribution in [1.82, 2.24) is 10.2 Å². The number of benzene rings is 1. The molecule has 1 aromatic heterocycles. The van der Waals surface area contributed by atoms with E-state index in [-0.39, 0.29) is 11.1 Å². The lowest BCUT2D eigenvalue weighted by Gasteiger charge is -2.32. The number of hydrogen-bond acceptors (Lipinski definition) is 6. The number of hydrogen-bond donors (Lipinski definition) is 0. The second kappa shape index (κ2) is 6.74. The summed E-state index contributed by atoms with van der Waals surface area (Å²) >= 11 is 1.42. The van der Waals surface area contributed by atoms with Gasteiger partial charge < -0.3 is 9.15 Å². The Morgan fingerprint density at radius 1 is 1.17 bits per heavy atom. The van der Waals surface area contributed by atoms with E-state index in [0.29, 0.717) is 11.1 Å². The van der Waals surface area contributed by atoms with Crippen molar-refractivity contribution in [1.29, 1.82) is 0 Å². The van der Waals surface area contributed by atoms with E-state index in [0.717, 1.165) is 17.7 Å². The van der Waals surface area contributed by atoms with Gasteiger partial charge in [0.2, 0.25) is 5.89 Å². The Morgan fingerprint density at radius 3 is 2.35 bits per heavy atom. The van der Waals surface area contributed by atoms with E-state index >= 15 is 0 Å². The Hall–Kier alpha value is -1.82. The van der Waals surface area contributed by atoms with Crippen molar-refractivity contribution in [3.63, 3.8) is 0 Å². The molecule has 0 unspecified atom stereocenters. The largest absolute Gasteiger partial charge is 0.488 e. The van der Waals surface area contributed by atoms with Crippen LogP contribution in [0.4, 0.5) is 0 Å². The summed E-state index contributed by atoms with van der Waals surface area (Å²) in [6.45, 7) is 11.8. The zero-order valence-corrected chi connectivity index (χ0v) is 15.1. The van der Waals surface area contributed by atoms with Gasteiger partial charge >= 0.3 is 0 Å². The lowest BCUT2D eigenvalue weighted by atomic mass is 9.90. The van der Waals surface area contributed by atoms with Crippen LogP contribution in [0.3, 0.4) is 0 Å². The van der Waals surface area contributed by atoms with E-state index in [1.807, 2.05) is 44.4 Å². The average Bonchev–Trinajstić information content (AvgIpc) is 2.95. The van der Waals surface area contributed by atoms with E-state index < -0.39 is 0 Å². The summed E-state index contributed by atoms with van der Waals surface area (Å²) in [5.74, 6) is 1.31. The van der Waals surface area contributed by atoms with Crippen molar-refractivity contribution < 1.29 is 9.15 Å². The maximum Gasteiger partial charge on any atom is 0.276 e. The summed E-state index contributed by atoms with van der Waals surface area (Å²) in [7, 11) is 0. The molecule has 0 aliphatic heterocycles. The molecule has 0 radical (unpaired) electrons. The highest BCUT2D eigenvalue weighted by molar-refractivity contribution is 7.98. The Labute approximate surface area is 141 Å². The SMILES string of the molecule is C=NC(C)(C)CC(C)(C)Oc1ccc(-c2nnc(SC)o2)cc1. The summed E-state index contributed by atoms with van der Waals surface area (Å²) < 4.78 is 11.6. The number of aliphatic imine (C=N–C) groups is 1. The van der Waals surface area contributed by atoms with Gasteiger partial charge in [0.25, 0.3) is 5.22 Å². The molecule has 0 atom stereocenters. The summed E-state index contributed by atoms with van der Waals surface area (Å²) in [5, 5.41) is 8.52. The molecule has 2 rings (SSSR count). The molecule has 0 amide bonds. The molecular formula is C17H23N3O2S. The van der Waals surface area contributed by atoms with Crippen molar-refractivity contribution in [3.05, 3.63) is 24.3 Å². The van der Waals surface area contributed by atoms with Crippen molar-refractivity contribution in [2.24, 2.45) is 4.99 Å². The molecule has 0 N–H and O–H groups in total. The van der Waals surface area contributed by atoms with Gasteiger partial charge in [0.1, 0.15) is 11.4 Å². The quantitative estimate of drug-likeness (QED) is 0.552. The first-order valence-electron chi connectivity index (χ1n) is 7.39. The molecule has 0 bridgehead atoms. The normalized spacial score (nSPS) is 12.2. The lowest BCUT2D eigenvalue weighted by Crippen LogP contribution is -2.36. The smallest absolute Gasteiger partial charge is 0.276 e. The van der Waals surface area contributed by atoms with Crippen LogP contribution in [0.15, 0.2) is 38.9 Å². The summed E-state index contributed by atoms with van der Waals surface area (Å²) in [4.78, 5) is 4.15. The summed E-state index contributed by atoms with van der Waals surface area (Å²) in [6.07, 6.45) is 2.67. The monoisotopic (exact) mass is 333 g/mol. The second-order valence-corrected chi connectivity index (χ2v) is 7.37. The van der Waals surface area contributed by atoms with E-state index in [9.17, 15) is 0 Å². The fraction of sp³-hybridized carbons (Fsp3) is 0.471. The molecular weight excluding hydrogens is 310 g/mol. The standard InChI is InChI=1S/C17H23N3O2S/c1-16(2,18-5)11-17(3,4)22-13-9-7-12(8-10-13)14-19-20-15(21-14)23-6/h7-10H,5,11H2,1-4,6H3. The lowest BCUT2D eigenvalue weighted by molar-refractivity contribution is 0.0789. The van der Waals surface area contributed by atoms with Gasteiger partial charge in [-0.05, 0) is 64.9 Å². The molecule has 0 aliphatic rings. The van der Waals surface area contributed by atoms with Crippen LogP contribution in [-0.4, -0.2) is 34.3 Å². The maximum absolute atomic E-state index is 6.10. The van der Waals surface area contributed by atoms with Crippen molar-refractivity contribution in [2.75, 3.05) is 6.26 Å². The molecule has 23 heavy (non-hydrogen) atoms. The number of aromatic nitrogens is 2. The van der Waals surface area contributed by atoms with Crippen LogP contribution in [0.2, 0.25) is 0 Å². The maximum atomic E-state index is 6.10. The molecule has 0 saturated heterocycles. The summed E-state index contributed by atoms with van der Waals surface area (Å²) in [5.41, 5.74) is 0.306. The topological polar surface area (TPSA) is 60.5 Å². The number of rotatable bonds is 7. The van der Waals surface area contributed by atoms with Crippen LogP contribution in [0, 0.1) is 0 Å². The zero-order valence-electron chi connectivity index (χ0n) is 14.3. The Balaban J connectivity index is 2.09. The van der Waals surface area contributed by atoms with Crippen LogP contribution >= 0.6 is 11.8 Å². The predicted octanol–water partition coefficient (Wildman–Crippen LogP) is 4.49.